The standard InChI is InChI=1S/C14H15F3N2O5S/c15-14(16,17)8-1-2-10(11(18)5-8)13(21)24-6-12(20)19-9-3-4-25(22,23)7-9/h1-2,5,9H,3-4,6-7,18H2,(H,19,20)/t9-/m0/s1. The van der Waals surface area contributed by atoms with E-state index in [0.717, 1.165) is 6.07 Å². The molecule has 1 amide bonds. The normalized spacial score (nSPS) is 19.4. The first kappa shape index (κ1) is 19.0. The number of halogens is 3. The summed E-state index contributed by atoms with van der Waals surface area (Å²) in [5.74, 6) is -1.97. The molecular weight excluding hydrogens is 365 g/mol. The number of nitrogens with one attached hydrogen (secondary N) is 1. The van der Waals surface area contributed by atoms with Crippen LogP contribution in [0, 0.1) is 0 Å². The first-order chi connectivity index (χ1) is 11.5. The molecule has 0 aliphatic carbocycles. The number of anilines is 1. The zero-order valence-electron chi connectivity index (χ0n) is 12.8. The number of carbonyl (C=O) groups is 2. The minimum absolute atomic E-state index is 0.0280. The van der Waals surface area contributed by atoms with Gasteiger partial charge >= 0.3 is 12.1 Å². The summed E-state index contributed by atoms with van der Waals surface area (Å²) < 4.78 is 64.9. The maximum absolute atomic E-state index is 12.5. The number of amides is 1. The molecule has 0 saturated carbocycles. The Balaban J connectivity index is 1.91. The molecule has 25 heavy (non-hydrogen) atoms. The number of esters is 1. The highest BCUT2D eigenvalue weighted by Crippen LogP contribution is 2.31. The van der Waals surface area contributed by atoms with Crippen LogP contribution in [0.25, 0.3) is 0 Å². The second-order valence-electron chi connectivity index (χ2n) is 5.54. The maximum atomic E-state index is 12.5. The smallest absolute Gasteiger partial charge is 0.416 e. The molecule has 1 saturated heterocycles. The Hall–Kier alpha value is -2.30. The minimum atomic E-state index is -4.60. The number of benzene rings is 1. The molecule has 7 nitrogen and oxygen atoms in total. The lowest BCUT2D eigenvalue weighted by Gasteiger charge is -2.12. The van der Waals surface area contributed by atoms with E-state index in [9.17, 15) is 31.2 Å². The summed E-state index contributed by atoms with van der Waals surface area (Å²) in [6.45, 7) is -0.699. The lowest BCUT2D eigenvalue weighted by atomic mass is 10.1. The zero-order chi connectivity index (χ0) is 18.8. The summed E-state index contributed by atoms with van der Waals surface area (Å²) in [7, 11) is -3.17. The van der Waals surface area contributed by atoms with Gasteiger partial charge in [-0.3, -0.25) is 4.79 Å². The van der Waals surface area contributed by atoms with Crippen molar-refractivity contribution in [1.82, 2.24) is 5.32 Å². The van der Waals surface area contributed by atoms with Crippen LogP contribution in [-0.4, -0.2) is 44.4 Å². The highest BCUT2D eigenvalue weighted by molar-refractivity contribution is 7.91. The van der Waals surface area contributed by atoms with Crippen LogP contribution < -0.4 is 11.1 Å². The van der Waals surface area contributed by atoms with E-state index in [4.69, 9.17) is 10.5 Å². The van der Waals surface area contributed by atoms with Gasteiger partial charge in [0.05, 0.1) is 22.6 Å². The van der Waals surface area contributed by atoms with Gasteiger partial charge in [0, 0.05) is 11.7 Å². The fourth-order valence-electron chi connectivity index (χ4n) is 2.31. The summed E-state index contributed by atoms with van der Waals surface area (Å²) in [6, 6.07) is 1.59. The molecule has 1 aromatic rings. The van der Waals surface area contributed by atoms with Crippen LogP contribution in [0.2, 0.25) is 0 Å². The maximum Gasteiger partial charge on any atom is 0.416 e. The topological polar surface area (TPSA) is 116 Å². The van der Waals surface area contributed by atoms with Gasteiger partial charge in [0.15, 0.2) is 16.4 Å². The fourth-order valence-corrected chi connectivity index (χ4v) is 3.99. The Labute approximate surface area is 141 Å². The van der Waals surface area contributed by atoms with Gasteiger partial charge in [-0.2, -0.15) is 13.2 Å². The van der Waals surface area contributed by atoms with Crippen LogP contribution in [0.1, 0.15) is 22.3 Å². The van der Waals surface area contributed by atoms with Crippen LogP contribution in [0.15, 0.2) is 18.2 Å². The molecule has 0 radical (unpaired) electrons. The van der Waals surface area contributed by atoms with Crippen LogP contribution in [0.3, 0.4) is 0 Å². The Morgan fingerprint density at radius 2 is 2.00 bits per heavy atom. The van der Waals surface area contributed by atoms with Gasteiger partial charge in [-0.05, 0) is 24.6 Å². The third-order valence-electron chi connectivity index (χ3n) is 3.53. The van der Waals surface area contributed by atoms with Gasteiger partial charge < -0.3 is 15.8 Å². The quantitative estimate of drug-likeness (QED) is 0.588. The molecule has 138 valence electrons. The molecule has 1 heterocycles. The van der Waals surface area contributed by atoms with Crippen LogP contribution in [-0.2, 0) is 25.5 Å². The van der Waals surface area contributed by atoms with Gasteiger partial charge in [-0.1, -0.05) is 0 Å². The average Bonchev–Trinajstić information content (AvgIpc) is 2.82. The molecule has 3 N–H and O–H groups in total. The monoisotopic (exact) mass is 380 g/mol. The van der Waals surface area contributed by atoms with Gasteiger partial charge in [0.2, 0.25) is 0 Å². The molecule has 1 aliphatic heterocycles. The van der Waals surface area contributed by atoms with Crippen molar-refractivity contribution in [1.29, 1.82) is 0 Å². The van der Waals surface area contributed by atoms with E-state index in [-0.39, 0.29) is 23.5 Å². The highest BCUT2D eigenvalue weighted by atomic mass is 32.2. The number of hydrogen-bond donors (Lipinski definition) is 2. The van der Waals surface area contributed by atoms with Crippen molar-refractivity contribution in [3.8, 4) is 0 Å². The highest BCUT2D eigenvalue weighted by Gasteiger charge is 2.32. The number of ether oxygens (including phenoxy) is 1. The van der Waals surface area contributed by atoms with E-state index in [0.29, 0.717) is 12.1 Å². The predicted molar refractivity (Wildman–Crippen MR) is 81.3 cm³/mol. The van der Waals surface area contributed by atoms with Crippen molar-refractivity contribution in [3.63, 3.8) is 0 Å². The van der Waals surface area contributed by atoms with Crippen LogP contribution in [0.4, 0.5) is 18.9 Å². The lowest BCUT2D eigenvalue weighted by Crippen LogP contribution is -2.38. The summed E-state index contributed by atoms with van der Waals surface area (Å²) in [5.41, 5.74) is 3.68. The molecule has 1 atom stereocenters. The van der Waals surface area contributed by atoms with Gasteiger partial charge in [0.1, 0.15) is 0 Å². The van der Waals surface area contributed by atoms with Gasteiger partial charge in [0.25, 0.3) is 5.91 Å². The SMILES string of the molecule is Nc1cc(C(F)(F)F)ccc1C(=O)OCC(=O)N[C@H]1CCS(=O)(=O)C1. The number of hydrogen-bond acceptors (Lipinski definition) is 6. The van der Waals surface area contributed by atoms with Crippen molar-refractivity contribution in [2.75, 3.05) is 23.8 Å². The summed E-state index contributed by atoms with van der Waals surface area (Å²) in [6.07, 6.45) is -4.33. The van der Waals surface area contributed by atoms with Crippen molar-refractivity contribution in [2.45, 2.75) is 18.6 Å². The summed E-state index contributed by atoms with van der Waals surface area (Å²) >= 11 is 0. The minimum Gasteiger partial charge on any atom is -0.452 e. The molecule has 2 rings (SSSR count). The van der Waals surface area contributed by atoms with Crippen molar-refractivity contribution in [2.24, 2.45) is 0 Å². The first-order valence-electron chi connectivity index (χ1n) is 7.11. The van der Waals surface area contributed by atoms with Crippen molar-refractivity contribution >= 4 is 27.4 Å². The molecule has 11 heteroatoms. The van der Waals surface area contributed by atoms with Crippen LogP contribution >= 0.6 is 0 Å². The molecule has 0 unspecified atom stereocenters. The molecule has 1 fully saturated rings. The Morgan fingerprint density at radius 1 is 1.32 bits per heavy atom. The Kier molecular flexibility index (Phi) is 5.26. The molecule has 1 aromatic carbocycles. The van der Waals surface area contributed by atoms with Crippen molar-refractivity contribution in [3.05, 3.63) is 29.3 Å². The summed E-state index contributed by atoms with van der Waals surface area (Å²) in [4.78, 5) is 23.5. The second kappa shape index (κ2) is 6.90. The number of sulfone groups is 1. The van der Waals surface area contributed by atoms with E-state index < -0.39 is 51.8 Å². The van der Waals surface area contributed by atoms with Crippen molar-refractivity contribution < 1.29 is 35.9 Å². The first-order valence-corrected chi connectivity index (χ1v) is 8.94. The predicted octanol–water partition coefficient (Wildman–Crippen LogP) is 0.748. The zero-order valence-corrected chi connectivity index (χ0v) is 13.6. The van der Waals surface area contributed by atoms with Crippen LogP contribution in [0.5, 0.6) is 0 Å². The average molecular weight is 380 g/mol. The van der Waals surface area contributed by atoms with E-state index in [2.05, 4.69) is 5.32 Å². The Morgan fingerprint density at radius 3 is 2.52 bits per heavy atom. The number of carbonyl (C=O) groups excluding carboxylic acids is 2. The van der Waals surface area contributed by atoms with E-state index in [1.807, 2.05) is 0 Å². The van der Waals surface area contributed by atoms with Gasteiger partial charge in [-0.15, -0.1) is 0 Å². The third kappa shape index (κ3) is 5.08. The van der Waals surface area contributed by atoms with E-state index in [1.54, 1.807) is 0 Å². The lowest BCUT2D eigenvalue weighted by molar-refractivity contribution is -0.137. The van der Waals surface area contributed by atoms with Gasteiger partial charge in [-0.25, -0.2) is 13.2 Å². The number of nitrogens with two attached hydrogens (primary N) is 1. The number of rotatable bonds is 4. The van der Waals surface area contributed by atoms with E-state index >= 15 is 0 Å². The number of alkyl halides is 3. The fraction of sp³-hybridized carbons (Fsp3) is 0.429. The van der Waals surface area contributed by atoms with E-state index in [1.165, 1.54) is 0 Å². The molecule has 1 aliphatic rings. The largest absolute Gasteiger partial charge is 0.452 e. The third-order valence-corrected chi connectivity index (χ3v) is 5.30. The molecular formula is C14H15F3N2O5S. The summed E-state index contributed by atoms with van der Waals surface area (Å²) in [5, 5.41) is 2.41. The molecule has 0 spiro atoms. The molecule has 0 aromatic heterocycles. The Bertz CT molecular complexity index is 792. The molecule has 0 bridgehead atoms. The second-order valence-corrected chi connectivity index (χ2v) is 7.77. The number of nitrogen functional groups attached to an aromatic ring is 1.